The fourth-order valence-corrected chi connectivity index (χ4v) is 5.79. The molecule has 1 aliphatic carbocycles. The number of alkyl halides is 3. The topological polar surface area (TPSA) is 125 Å². The van der Waals surface area contributed by atoms with Crippen molar-refractivity contribution in [3.63, 3.8) is 0 Å². The standard InChI is InChI=1S/C32H21ClF3N5O5/c33-28-29(39-40-27(32(34,35)36)16-24(38-30(28)40)17-6-2-1-3-7-17)31(42)37-18-12-19(41(43)44)14-21(13-18)45-20-10-11-26-23(15-20)22-8-4-5-9-25(22)46-26/h1-3,6-7,10-16H,4-5,8-9H2,(H,37,42). The quantitative estimate of drug-likeness (QED) is 0.142. The Hall–Kier alpha value is -5.43. The highest BCUT2D eigenvalue weighted by molar-refractivity contribution is 6.37. The van der Waals surface area contributed by atoms with Gasteiger partial charge >= 0.3 is 6.18 Å². The Morgan fingerprint density at radius 2 is 1.80 bits per heavy atom. The molecule has 0 spiro atoms. The number of hydrogen-bond donors (Lipinski definition) is 1. The number of fused-ring (bicyclic) bond motifs is 4. The fraction of sp³-hybridized carbons (Fsp3) is 0.156. The van der Waals surface area contributed by atoms with Crippen LogP contribution in [0.3, 0.4) is 0 Å². The average Bonchev–Trinajstić information content (AvgIpc) is 3.57. The van der Waals surface area contributed by atoms with E-state index in [1.807, 2.05) is 0 Å². The van der Waals surface area contributed by atoms with Crippen LogP contribution < -0.4 is 10.1 Å². The molecule has 1 amide bonds. The van der Waals surface area contributed by atoms with Crippen LogP contribution >= 0.6 is 11.6 Å². The van der Waals surface area contributed by atoms with Crippen LogP contribution in [0.4, 0.5) is 24.5 Å². The number of aromatic nitrogens is 3. The lowest BCUT2D eigenvalue weighted by atomic mass is 9.96. The molecule has 3 heterocycles. The van der Waals surface area contributed by atoms with Crippen LogP contribution in [0.1, 0.15) is 40.3 Å². The SMILES string of the molecule is O=C(Nc1cc(Oc2ccc3oc4c(c3c2)CCCC4)cc([N+](=O)[O-])c1)c1nn2c(C(F)(F)F)cc(-c3ccccc3)nc2c1Cl. The van der Waals surface area contributed by atoms with Gasteiger partial charge in [0.2, 0.25) is 0 Å². The van der Waals surface area contributed by atoms with Gasteiger partial charge in [0.25, 0.3) is 11.6 Å². The Balaban J connectivity index is 1.22. The van der Waals surface area contributed by atoms with Crippen molar-refractivity contribution in [1.82, 2.24) is 14.6 Å². The summed E-state index contributed by atoms with van der Waals surface area (Å²) in [5.41, 5.74) is -0.411. The third-order valence-corrected chi connectivity index (χ3v) is 7.98. The number of hydrogen-bond acceptors (Lipinski definition) is 7. The molecule has 3 aromatic heterocycles. The van der Waals surface area contributed by atoms with Crippen molar-refractivity contribution in [1.29, 1.82) is 0 Å². The number of rotatable bonds is 6. The maximum Gasteiger partial charge on any atom is 0.433 e. The van der Waals surface area contributed by atoms with E-state index in [1.165, 1.54) is 12.1 Å². The number of nitro benzene ring substituents is 1. The van der Waals surface area contributed by atoms with Gasteiger partial charge in [-0.05, 0) is 43.5 Å². The molecule has 0 radical (unpaired) electrons. The number of carbonyl (C=O) groups is 1. The van der Waals surface area contributed by atoms with Crippen molar-refractivity contribution < 1.29 is 32.0 Å². The minimum absolute atomic E-state index is 0.0243. The molecular weight excluding hydrogens is 627 g/mol. The summed E-state index contributed by atoms with van der Waals surface area (Å²) in [5.74, 6) is 0.361. The van der Waals surface area contributed by atoms with Crippen LogP contribution in [0.15, 0.2) is 77.2 Å². The monoisotopic (exact) mass is 647 g/mol. The van der Waals surface area contributed by atoms with Crippen molar-refractivity contribution in [3.05, 3.63) is 111 Å². The molecule has 0 atom stereocenters. The molecule has 1 aliphatic rings. The highest BCUT2D eigenvalue weighted by Gasteiger charge is 2.37. The van der Waals surface area contributed by atoms with Crippen LogP contribution in [0.2, 0.25) is 5.02 Å². The largest absolute Gasteiger partial charge is 0.461 e. The van der Waals surface area contributed by atoms with Crippen molar-refractivity contribution in [2.75, 3.05) is 5.32 Å². The van der Waals surface area contributed by atoms with E-state index in [-0.39, 0.29) is 22.8 Å². The fourth-order valence-electron chi connectivity index (χ4n) is 5.55. The molecule has 1 N–H and O–H groups in total. The molecule has 0 bridgehead atoms. The smallest absolute Gasteiger partial charge is 0.433 e. The second-order valence-corrected chi connectivity index (χ2v) is 11.1. The molecule has 232 valence electrons. The van der Waals surface area contributed by atoms with Crippen molar-refractivity contribution in [2.24, 2.45) is 0 Å². The van der Waals surface area contributed by atoms with Crippen LogP contribution in [0.25, 0.3) is 27.9 Å². The first-order chi connectivity index (χ1) is 22.0. The lowest BCUT2D eigenvalue weighted by molar-refractivity contribution is -0.384. The number of ether oxygens (including phenoxy) is 1. The molecule has 0 fully saturated rings. The summed E-state index contributed by atoms with van der Waals surface area (Å²) in [4.78, 5) is 28.6. The van der Waals surface area contributed by atoms with Crippen molar-refractivity contribution >= 4 is 45.5 Å². The molecule has 10 nitrogen and oxygen atoms in total. The highest BCUT2D eigenvalue weighted by atomic mass is 35.5. The normalized spacial score (nSPS) is 13.1. The number of furan rings is 1. The number of benzene rings is 3. The molecule has 46 heavy (non-hydrogen) atoms. The van der Waals surface area contributed by atoms with E-state index >= 15 is 0 Å². The number of nitrogens with zero attached hydrogens (tertiary/aromatic N) is 4. The summed E-state index contributed by atoms with van der Waals surface area (Å²) >= 11 is 6.39. The summed E-state index contributed by atoms with van der Waals surface area (Å²) in [6.07, 6.45) is -1.05. The lowest BCUT2D eigenvalue weighted by Gasteiger charge is -2.11. The van der Waals surface area contributed by atoms with Gasteiger partial charge in [-0.3, -0.25) is 14.9 Å². The Morgan fingerprint density at radius 1 is 1.02 bits per heavy atom. The van der Waals surface area contributed by atoms with E-state index < -0.39 is 39.1 Å². The molecule has 0 unspecified atom stereocenters. The van der Waals surface area contributed by atoms with Gasteiger partial charge < -0.3 is 14.5 Å². The van der Waals surface area contributed by atoms with E-state index in [4.69, 9.17) is 20.8 Å². The van der Waals surface area contributed by atoms with Gasteiger partial charge in [-0.1, -0.05) is 41.9 Å². The Morgan fingerprint density at radius 3 is 2.57 bits per heavy atom. The van der Waals surface area contributed by atoms with Gasteiger partial charge in [0.05, 0.1) is 22.4 Å². The zero-order valence-electron chi connectivity index (χ0n) is 23.6. The minimum Gasteiger partial charge on any atom is -0.461 e. The van der Waals surface area contributed by atoms with Crippen LogP contribution in [0, 0.1) is 10.1 Å². The molecular formula is C32H21ClF3N5O5. The number of anilines is 1. The van der Waals surface area contributed by atoms with Crippen LogP contribution in [0.5, 0.6) is 11.5 Å². The Kier molecular flexibility index (Phi) is 7.12. The maximum absolute atomic E-state index is 14.1. The molecule has 3 aromatic carbocycles. The number of non-ortho nitro benzene ring substituents is 1. The number of nitrogens with one attached hydrogen (secondary N) is 1. The van der Waals surface area contributed by atoms with Gasteiger partial charge in [0.1, 0.15) is 27.9 Å². The molecule has 0 aliphatic heterocycles. The maximum atomic E-state index is 14.1. The molecule has 0 saturated carbocycles. The number of nitro groups is 1. The first-order valence-electron chi connectivity index (χ1n) is 14.1. The molecule has 14 heteroatoms. The number of halogens is 4. The average molecular weight is 648 g/mol. The second-order valence-electron chi connectivity index (χ2n) is 10.7. The van der Waals surface area contributed by atoms with E-state index in [2.05, 4.69) is 15.4 Å². The zero-order valence-corrected chi connectivity index (χ0v) is 24.4. The molecule has 6 aromatic rings. The second kappa shape index (κ2) is 11.2. The predicted molar refractivity (Wildman–Crippen MR) is 162 cm³/mol. The van der Waals surface area contributed by atoms with Gasteiger partial charge in [-0.25, -0.2) is 9.50 Å². The first-order valence-corrected chi connectivity index (χ1v) is 14.5. The Labute approximate surface area is 262 Å². The van der Waals surface area contributed by atoms with Gasteiger partial charge in [-0.15, -0.1) is 0 Å². The number of amides is 1. The minimum atomic E-state index is -4.86. The molecule has 0 saturated heterocycles. The summed E-state index contributed by atoms with van der Waals surface area (Å²) in [5, 5.41) is 18.5. The van der Waals surface area contributed by atoms with E-state index in [1.54, 1.807) is 48.5 Å². The van der Waals surface area contributed by atoms with Gasteiger partial charge in [0, 0.05) is 35.1 Å². The third-order valence-electron chi connectivity index (χ3n) is 7.63. The van der Waals surface area contributed by atoms with Crippen LogP contribution in [-0.2, 0) is 19.0 Å². The summed E-state index contributed by atoms with van der Waals surface area (Å²) < 4.78 is 54.6. The van der Waals surface area contributed by atoms with E-state index in [9.17, 15) is 28.1 Å². The lowest BCUT2D eigenvalue weighted by Crippen LogP contribution is -2.16. The van der Waals surface area contributed by atoms with E-state index in [0.717, 1.165) is 60.1 Å². The predicted octanol–water partition coefficient (Wildman–Crippen LogP) is 8.65. The van der Waals surface area contributed by atoms with Gasteiger partial charge in [0.15, 0.2) is 17.0 Å². The molecule has 7 rings (SSSR count). The Bertz CT molecular complexity index is 2180. The zero-order chi connectivity index (χ0) is 32.2. The number of carbonyl (C=O) groups excluding carboxylic acids is 1. The third kappa shape index (κ3) is 5.38. The number of aryl methyl sites for hydroxylation is 2. The van der Waals surface area contributed by atoms with Crippen molar-refractivity contribution in [2.45, 2.75) is 31.9 Å². The van der Waals surface area contributed by atoms with E-state index in [0.29, 0.717) is 15.8 Å². The first kappa shape index (κ1) is 29.3. The summed E-state index contributed by atoms with van der Waals surface area (Å²) in [6, 6.07) is 17.8. The highest BCUT2D eigenvalue weighted by Crippen LogP contribution is 2.38. The summed E-state index contributed by atoms with van der Waals surface area (Å²) in [6.45, 7) is 0. The van der Waals surface area contributed by atoms with Crippen molar-refractivity contribution in [3.8, 4) is 22.8 Å². The summed E-state index contributed by atoms with van der Waals surface area (Å²) in [7, 11) is 0. The van der Waals surface area contributed by atoms with Crippen LogP contribution in [-0.4, -0.2) is 25.4 Å². The van der Waals surface area contributed by atoms with Gasteiger partial charge in [-0.2, -0.15) is 18.3 Å².